The highest BCUT2D eigenvalue weighted by Crippen LogP contribution is 2.29. The number of halogens is 3. The van der Waals surface area contributed by atoms with Gasteiger partial charge in [0.1, 0.15) is 12.6 Å². The third-order valence-corrected chi connectivity index (χ3v) is 5.39. The second-order valence-corrected chi connectivity index (χ2v) is 8.06. The topological polar surface area (TPSA) is 102 Å². The van der Waals surface area contributed by atoms with Crippen molar-refractivity contribution in [2.45, 2.75) is 37.6 Å². The predicted molar refractivity (Wildman–Crippen MR) is 102 cm³/mol. The molecule has 1 atom stereocenters. The minimum absolute atomic E-state index is 0.126. The summed E-state index contributed by atoms with van der Waals surface area (Å²) in [6.45, 7) is 2.27. The van der Waals surface area contributed by atoms with Gasteiger partial charge in [0.15, 0.2) is 0 Å². The van der Waals surface area contributed by atoms with Crippen molar-refractivity contribution in [1.82, 2.24) is 4.72 Å². The van der Waals surface area contributed by atoms with E-state index in [9.17, 15) is 31.2 Å². The number of rotatable bonds is 7. The molecule has 0 aliphatic rings. The molecule has 2 aromatic carbocycles. The van der Waals surface area contributed by atoms with Gasteiger partial charge in [-0.2, -0.15) is 17.9 Å². The summed E-state index contributed by atoms with van der Waals surface area (Å²) in [6.07, 6.45) is -4.47. The Bertz CT molecular complexity index is 1000. The maximum atomic E-state index is 12.5. The van der Waals surface area contributed by atoms with Gasteiger partial charge in [-0.1, -0.05) is 12.1 Å². The van der Waals surface area contributed by atoms with Gasteiger partial charge in [0.05, 0.1) is 10.5 Å². The zero-order chi connectivity index (χ0) is 22.5. The molecular weight excluding hydrogens is 425 g/mol. The fourth-order valence-corrected chi connectivity index (χ4v) is 3.53. The van der Waals surface area contributed by atoms with E-state index in [1.54, 1.807) is 0 Å². The molecular formula is C19H19F3N2O5S. The highest BCUT2D eigenvalue weighted by Gasteiger charge is 2.30. The lowest BCUT2D eigenvalue weighted by Gasteiger charge is -2.14. The lowest BCUT2D eigenvalue weighted by Crippen LogP contribution is -2.39. The fraction of sp³-hybridized carbons (Fsp3) is 0.263. The summed E-state index contributed by atoms with van der Waals surface area (Å²) in [5.74, 6) is -1.21. The van der Waals surface area contributed by atoms with E-state index in [4.69, 9.17) is 4.74 Å². The van der Waals surface area contributed by atoms with E-state index in [2.05, 4.69) is 10.0 Å². The Morgan fingerprint density at radius 3 is 2.10 bits per heavy atom. The SMILES string of the molecule is CC(=O)Nc1ccc(S(=O)(=O)N[C@@H](C)C(=O)OCc2ccc(C(F)(F)F)cc2)cc1. The molecule has 0 spiro atoms. The number of carbonyl (C=O) groups excluding carboxylic acids is 2. The average molecular weight is 444 g/mol. The van der Waals surface area contributed by atoms with Gasteiger partial charge in [-0.15, -0.1) is 0 Å². The lowest BCUT2D eigenvalue weighted by atomic mass is 10.1. The number of carbonyl (C=O) groups is 2. The summed E-state index contributed by atoms with van der Waals surface area (Å²) in [6, 6.07) is 8.12. The van der Waals surface area contributed by atoms with Crippen LogP contribution in [0.5, 0.6) is 0 Å². The quantitative estimate of drug-likeness (QED) is 0.639. The summed E-state index contributed by atoms with van der Waals surface area (Å²) in [7, 11) is -4.04. The zero-order valence-corrected chi connectivity index (χ0v) is 16.8. The molecule has 0 heterocycles. The molecule has 2 rings (SSSR count). The van der Waals surface area contributed by atoms with E-state index in [1.807, 2.05) is 0 Å². The number of esters is 1. The maximum Gasteiger partial charge on any atom is 0.416 e. The molecule has 11 heteroatoms. The predicted octanol–water partition coefficient (Wildman–Crippen LogP) is 3.07. The Morgan fingerprint density at radius 2 is 1.60 bits per heavy atom. The van der Waals surface area contributed by atoms with Crippen LogP contribution in [-0.4, -0.2) is 26.3 Å². The second-order valence-electron chi connectivity index (χ2n) is 6.35. The Labute approximate surface area is 171 Å². The molecule has 2 N–H and O–H groups in total. The number of hydrogen-bond acceptors (Lipinski definition) is 5. The number of benzene rings is 2. The number of sulfonamides is 1. The Hall–Kier alpha value is -2.92. The first-order valence-corrected chi connectivity index (χ1v) is 10.1. The van der Waals surface area contributed by atoms with Crippen molar-refractivity contribution in [3.63, 3.8) is 0 Å². The van der Waals surface area contributed by atoms with E-state index >= 15 is 0 Å². The Balaban J connectivity index is 1.95. The van der Waals surface area contributed by atoms with Crippen LogP contribution in [-0.2, 0) is 37.1 Å². The number of hydrogen-bond donors (Lipinski definition) is 2. The summed E-state index contributed by atoms with van der Waals surface area (Å²) < 4.78 is 69.5. The molecule has 2 aromatic rings. The molecule has 7 nitrogen and oxygen atoms in total. The normalized spacial score (nSPS) is 12.8. The van der Waals surface area contributed by atoms with Crippen LogP contribution in [0.1, 0.15) is 25.0 Å². The van der Waals surface area contributed by atoms with E-state index in [1.165, 1.54) is 50.2 Å². The van der Waals surface area contributed by atoms with Crippen molar-refractivity contribution in [3.05, 3.63) is 59.7 Å². The van der Waals surface area contributed by atoms with Crippen LogP contribution < -0.4 is 10.0 Å². The number of amides is 1. The van der Waals surface area contributed by atoms with Gasteiger partial charge in [0.2, 0.25) is 15.9 Å². The second kappa shape index (κ2) is 9.26. The highest BCUT2D eigenvalue weighted by molar-refractivity contribution is 7.89. The van der Waals surface area contributed by atoms with Crippen molar-refractivity contribution < 1.29 is 35.9 Å². The van der Waals surface area contributed by atoms with Crippen molar-refractivity contribution in [3.8, 4) is 0 Å². The van der Waals surface area contributed by atoms with Gasteiger partial charge in [0.25, 0.3) is 0 Å². The average Bonchev–Trinajstić information content (AvgIpc) is 2.65. The third kappa shape index (κ3) is 6.56. The Morgan fingerprint density at radius 1 is 1.03 bits per heavy atom. The molecule has 0 radical (unpaired) electrons. The summed E-state index contributed by atoms with van der Waals surface area (Å²) in [4.78, 5) is 22.9. The fourth-order valence-electron chi connectivity index (χ4n) is 2.34. The van der Waals surface area contributed by atoms with Crippen LogP contribution in [0.15, 0.2) is 53.4 Å². The minimum atomic E-state index is -4.47. The summed E-state index contributed by atoms with van der Waals surface area (Å²) in [5, 5.41) is 2.50. The largest absolute Gasteiger partial charge is 0.460 e. The molecule has 0 aliphatic carbocycles. The van der Waals surface area contributed by atoms with Gasteiger partial charge in [-0.05, 0) is 48.9 Å². The third-order valence-electron chi connectivity index (χ3n) is 3.83. The van der Waals surface area contributed by atoms with E-state index in [0.717, 1.165) is 12.1 Å². The number of nitrogens with one attached hydrogen (secondary N) is 2. The summed E-state index contributed by atoms with van der Waals surface area (Å²) in [5.41, 5.74) is -0.103. The minimum Gasteiger partial charge on any atom is -0.460 e. The van der Waals surface area contributed by atoms with E-state index in [0.29, 0.717) is 11.3 Å². The molecule has 0 bridgehead atoms. The van der Waals surface area contributed by atoms with Crippen molar-refractivity contribution in [1.29, 1.82) is 0 Å². The van der Waals surface area contributed by atoms with Crippen LogP contribution in [0.3, 0.4) is 0 Å². The number of ether oxygens (including phenoxy) is 1. The molecule has 0 saturated heterocycles. The van der Waals surface area contributed by atoms with Crippen LogP contribution >= 0.6 is 0 Å². The van der Waals surface area contributed by atoms with Crippen molar-refractivity contribution >= 4 is 27.6 Å². The standard InChI is InChI=1S/C19H19F3N2O5S/c1-12(18(26)29-11-14-3-5-15(6-4-14)19(20,21)22)24-30(27,28)17-9-7-16(8-10-17)23-13(2)25/h3-10,12,24H,11H2,1-2H3,(H,23,25)/t12-/m0/s1. The molecule has 162 valence electrons. The summed E-state index contributed by atoms with van der Waals surface area (Å²) >= 11 is 0. The highest BCUT2D eigenvalue weighted by atomic mass is 32.2. The maximum absolute atomic E-state index is 12.5. The molecule has 0 aliphatic heterocycles. The molecule has 0 fully saturated rings. The van der Waals surface area contributed by atoms with Gasteiger partial charge in [-0.3, -0.25) is 9.59 Å². The first-order chi connectivity index (χ1) is 13.9. The van der Waals surface area contributed by atoms with Crippen LogP contribution in [0.2, 0.25) is 0 Å². The number of anilines is 1. The molecule has 1 amide bonds. The van der Waals surface area contributed by atoms with Gasteiger partial charge in [-0.25, -0.2) is 8.42 Å². The smallest absolute Gasteiger partial charge is 0.416 e. The first-order valence-electron chi connectivity index (χ1n) is 8.61. The van der Waals surface area contributed by atoms with Crippen LogP contribution in [0.4, 0.5) is 18.9 Å². The molecule has 0 aromatic heterocycles. The lowest BCUT2D eigenvalue weighted by molar-refractivity contribution is -0.146. The van der Waals surface area contributed by atoms with E-state index in [-0.39, 0.29) is 17.4 Å². The Kier molecular flexibility index (Phi) is 7.21. The van der Waals surface area contributed by atoms with E-state index < -0.39 is 33.8 Å². The van der Waals surface area contributed by atoms with Gasteiger partial charge in [0, 0.05) is 12.6 Å². The monoisotopic (exact) mass is 444 g/mol. The number of alkyl halides is 3. The zero-order valence-electron chi connectivity index (χ0n) is 16.0. The van der Waals surface area contributed by atoms with Crippen molar-refractivity contribution in [2.75, 3.05) is 5.32 Å². The van der Waals surface area contributed by atoms with Gasteiger partial charge < -0.3 is 10.1 Å². The molecule has 30 heavy (non-hydrogen) atoms. The molecule has 0 unspecified atom stereocenters. The van der Waals surface area contributed by atoms with Crippen LogP contribution in [0, 0.1) is 0 Å². The first kappa shape index (κ1) is 23.4. The van der Waals surface area contributed by atoms with Crippen LogP contribution in [0.25, 0.3) is 0 Å². The van der Waals surface area contributed by atoms with Gasteiger partial charge >= 0.3 is 12.1 Å². The molecule has 0 saturated carbocycles. The van der Waals surface area contributed by atoms with Crippen molar-refractivity contribution in [2.24, 2.45) is 0 Å².